The fraction of sp³-hybridized carbons (Fsp3) is 0.910. The van der Waals surface area contributed by atoms with Gasteiger partial charge in [0.1, 0.15) is 60.9 Å². The Morgan fingerprint density at radius 3 is 1.08 bits per heavy atom. The highest BCUT2D eigenvalue weighted by atomic mass is 31.2. The van der Waals surface area contributed by atoms with Crippen LogP contribution < -0.4 is 16.0 Å². The zero-order chi connectivity index (χ0) is 86.1. The number of aliphatic carboxylic acids is 1. The van der Waals surface area contributed by atoms with E-state index < -0.39 is 180 Å². The molecular formula is C89H164N3O24P. The Morgan fingerprint density at radius 1 is 0.393 bits per heavy atom. The van der Waals surface area contributed by atoms with E-state index in [1.54, 1.807) is 0 Å². The zero-order valence-electron chi connectivity index (χ0n) is 73.5. The maximum absolute atomic E-state index is 15.2. The zero-order valence-corrected chi connectivity index (χ0v) is 74.4. The van der Waals surface area contributed by atoms with E-state index in [1.807, 2.05) is 0 Å². The van der Waals surface area contributed by atoms with Crippen molar-refractivity contribution in [1.29, 1.82) is 0 Å². The van der Waals surface area contributed by atoms with Crippen molar-refractivity contribution < 1.29 is 116 Å². The molecule has 27 nitrogen and oxygen atoms in total. The van der Waals surface area contributed by atoms with Gasteiger partial charge in [-0.1, -0.05) is 311 Å². The van der Waals surface area contributed by atoms with Gasteiger partial charge in [-0.3, -0.25) is 38.1 Å². The van der Waals surface area contributed by atoms with E-state index in [0.717, 1.165) is 264 Å². The number of carboxylic acids is 1. The summed E-state index contributed by atoms with van der Waals surface area (Å²) in [6.07, 6.45) is 27.5. The molecule has 14 atom stereocenters. The van der Waals surface area contributed by atoms with Crippen LogP contribution in [-0.4, -0.2) is 183 Å². The molecule has 117 heavy (non-hydrogen) atoms. The minimum atomic E-state index is -5.81. The molecule has 0 aliphatic carbocycles. The number of aliphatic hydroxyl groups is 3. The number of hydrogen-bond acceptors (Lipinski definition) is 21. The maximum Gasteiger partial charge on any atom is 0.470 e. The molecule has 0 saturated carbocycles. The third-order valence-electron chi connectivity index (χ3n) is 22.2. The van der Waals surface area contributed by atoms with Gasteiger partial charge in [0.05, 0.1) is 39.1 Å². The molecule has 2 heterocycles. The average molecular weight is 1690 g/mol. The van der Waals surface area contributed by atoms with Crippen molar-refractivity contribution >= 4 is 55.4 Å². The van der Waals surface area contributed by atoms with Crippen molar-refractivity contribution in [2.24, 2.45) is 0 Å². The first-order chi connectivity index (χ1) is 56.4. The first-order valence-corrected chi connectivity index (χ1v) is 48.1. The number of aliphatic hydroxyl groups excluding tert-OH is 3. The minimum absolute atomic E-state index is 0.0612. The largest absolute Gasteiger partial charge is 0.480 e. The number of ether oxygens (including phenoxy) is 8. The molecule has 2 aliphatic rings. The molecule has 10 unspecified atom stereocenters. The number of carboxylic acid groups (broad SMARTS) is 1. The Balaban J connectivity index is 2.95. The Bertz CT molecular complexity index is 2620. The topological polar surface area (TPSA) is 394 Å². The van der Waals surface area contributed by atoms with E-state index in [0.29, 0.717) is 44.9 Å². The van der Waals surface area contributed by atoms with Crippen molar-refractivity contribution in [3.8, 4) is 0 Å². The molecule has 28 heteroatoms. The molecule has 2 rings (SSSR count). The first-order valence-electron chi connectivity index (χ1n) is 46.6. The molecule has 2 aliphatic heterocycles. The molecule has 0 radical (unpaired) electrons. The predicted octanol–water partition coefficient (Wildman–Crippen LogP) is 17.2. The molecule has 2 fully saturated rings. The van der Waals surface area contributed by atoms with Crippen LogP contribution in [0.2, 0.25) is 0 Å². The number of carbonyl (C=O) groups excluding carboxylic acids is 7. The van der Waals surface area contributed by atoms with Crippen LogP contribution in [0.1, 0.15) is 414 Å². The van der Waals surface area contributed by atoms with Crippen LogP contribution in [0.15, 0.2) is 0 Å². The Hall–Kier alpha value is -4.41. The first kappa shape index (κ1) is 109. The van der Waals surface area contributed by atoms with Crippen LogP contribution in [0.5, 0.6) is 0 Å². The van der Waals surface area contributed by atoms with Gasteiger partial charge in [0, 0.05) is 26.2 Å². The van der Waals surface area contributed by atoms with E-state index in [1.165, 1.54) is 12.8 Å². The molecule has 0 spiro atoms. The summed E-state index contributed by atoms with van der Waals surface area (Å²) in [4.78, 5) is 134. The van der Waals surface area contributed by atoms with E-state index in [4.69, 9.17) is 42.4 Å². The highest BCUT2D eigenvalue weighted by Crippen LogP contribution is 2.43. The Morgan fingerprint density at radius 2 is 0.726 bits per heavy atom. The molecule has 0 aromatic rings. The normalized spacial score (nSPS) is 20.5. The second-order valence-electron chi connectivity index (χ2n) is 33.1. The van der Waals surface area contributed by atoms with Gasteiger partial charge in [-0.2, -0.15) is 0 Å². The number of unbranched alkanes of at least 4 members (excludes halogenated alkanes) is 42. The fourth-order valence-electron chi connectivity index (χ4n) is 15.3. The number of amides is 3. The van der Waals surface area contributed by atoms with E-state index in [-0.39, 0.29) is 32.1 Å². The van der Waals surface area contributed by atoms with Gasteiger partial charge in [-0.25, -0.2) is 9.36 Å². The summed E-state index contributed by atoms with van der Waals surface area (Å²) in [7, 11) is -5.81. The molecule has 0 aromatic heterocycles. The van der Waals surface area contributed by atoms with Gasteiger partial charge in [0.2, 0.25) is 17.7 Å². The van der Waals surface area contributed by atoms with Crippen LogP contribution in [0, 0.1) is 0 Å². The summed E-state index contributed by atoms with van der Waals surface area (Å²) in [6.45, 7) is 11.2. The molecule has 2 saturated heterocycles. The molecule has 3 amide bonds. The van der Waals surface area contributed by atoms with E-state index in [2.05, 4.69) is 57.5 Å². The second kappa shape index (κ2) is 70.0. The smallest absolute Gasteiger partial charge is 0.470 e. The van der Waals surface area contributed by atoms with Crippen LogP contribution >= 0.6 is 7.82 Å². The number of esters is 4. The Labute approximate surface area is 703 Å². The lowest BCUT2D eigenvalue weighted by atomic mass is 9.95. The van der Waals surface area contributed by atoms with Crippen LogP contribution in [0.25, 0.3) is 0 Å². The maximum atomic E-state index is 15.2. The summed E-state index contributed by atoms with van der Waals surface area (Å²) < 4.78 is 68.7. The number of phosphoric ester groups is 1. The van der Waals surface area contributed by atoms with Crippen molar-refractivity contribution in [2.75, 3.05) is 19.8 Å². The minimum Gasteiger partial charge on any atom is -0.480 e. The number of phosphoric acid groups is 1. The monoisotopic (exact) mass is 1690 g/mol. The van der Waals surface area contributed by atoms with Gasteiger partial charge < -0.3 is 84.1 Å². The number of rotatable bonds is 77. The van der Waals surface area contributed by atoms with Crippen LogP contribution in [0.4, 0.5) is 0 Å². The lowest BCUT2D eigenvalue weighted by Gasteiger charge is -2.47. The van der Waals surface area contributed by atoms with Crippen molar-refractivity contribution in [3.63, 3.8) is 0 Å². The van der Waals surface area contributed by atoms with E-state index in [9.17, 15) is 63.5 Å². The SMILES string of the molecule is CCCCCCCCCCC[C@H](CC(=O)NC1C(OC[C@H](NC(=O)C[C@@H](CCCCCCCCCCC)OC(=O)CCCCCCCCC)C(=O)O)OC(COC2OC(CO)C(O)C(O)C2NC(C)=O)C(OP(=O)(O)O)C1OC(=O)C[C@@H](CCCCCCCCCCC)OC(=O)CCCCCCCCC)OC(=O)CCCCCCCCC. The lowest BCUT2D eigenvalue weighted by molar-refractivity contribution is -0.303. The van der Waals surface area contributed by atoms with Crippen molar-refractivity contribution in [3.05, 3.63) is 0 Å². The third kappa shape index (κ3) is 54.7. The van der Waals surface area contributed by atoms with Crippen LogP contribution in [0.3, 0.4) is 0 Å². The number of hydrogen-bond donors (Lipinski definition) is 9. The second-order valence-corrected chi connectivity index (χ2v) is 34.3. The van der Waals surface area contributed by atoms with Gasteiger partial charge >= 0.3 is 37.7 Å². The summed E-state index contributed by atoms with van der Waals surface area (Å²) in [5.74, 6) is -6.74. The molecular weight excluding hydrogens is 1530 g/mol. The van der Waals surface area contributed by atoms with Crippen molar-refractivity contribution in [1.82, 2.24) is 16.0 Å². The quantitative estimate of drug-likeness (QED) is 0.0118. The van der Waals surface area contributed by atoms with E-state index >= 15 is 9.59 Å². The predicted molar refractivity (Wildman–Crippen MR) is 451 cm³/mol. The third-order valence-corrected chi connectivity index (χ3v) is 22.7. The molecule has 0 bridgehead atoms. The average Bonchev–Trinajstić information content (AvgIpc) is 0.774. The highest BCUT2D eigenvalue weighted by Gasteiger charge is 2.54. The van der Waals surface area contributed by atoms with Gasteiger partial charge in [-0.05, 0) is 57.8 Å². The van der Waals surface area contributed by atoms with Crippen molar-refractivity contribution in [2.45, 2.75) is 500 Å². The summed E-state index contributed by atoms with van der Waals surface area (Å²) in [5.41, 5.74) is 0. The number of nitrogens with one attached hydrogen (secondary N) is 3. The highest BCUT2D eigenvalue weighted by molar-refractivity contribution is 7.46. The Kier molecular flexibility index (Phi) is 65.0. The summed E-state index contributed by atoms with van der Waals surface area (Å²) in [6, 6.07) is -5.46. The standard InChI is InChI=1S/C89H164N3O24P/c1-8-14-20-26-32-35-41-44-50-56-69(110-77(97)59-53-47-38-29-23-17-11-4)62-75(95)91-72(87(103)104)66-108-89-82(92-76(96)63-70(57-51-45-42-36-33-27-21-15-9-2)111-78(98)60-54-48-39-30-24-18-12-5)86(85(116-117(105,106)107)74(114-89)67-109-88-81(90-68(7)94)84(102)83(101)73(65-93)113-88)115-80(100)64-71(58-52-46-43-37-34-28-22-16-10-3)112-79(99)61-55-49-40-31-25-19-13-6/h69-74,81-86,88-89,93,101-102H,8-67H2,1-7H3,(H,90,94)(H,91,95)(H,92,96)(H,103,104)(H2,105,106,107)/t69-,70-,71-,72+,73?,74?,81?,82?,83?,84?,85?,86?,88?,89?/m1/s1. The molecule has 9 N–H and O–H groups in total. The van der Waals surface area contributed by atoms with Gasteiger partial charge in [-0.15, -0.1) is 0 Å². The lowest BCUT2D eigenvalue weighted by Crippen LogP contribution is -2.68. The van der Waals surface area contributed by atoms with Gasteiger partial charge in [0.25, 0.3) is 0 Å². The van der Waals surface area contributed by atoms with Crippen LogP contribution in [-0.2, 0) is 85.3 Å². The summed E-state index contributed by atoms with van der Waals surface area (Å²) in [5, 5.41) is 51.4. The molecule has 0 aromatic carbocycles. The number of carbonyl (C=O) groups is 8. The van der Waals surface area contributed by atoms with Gasteiger partial charge in [0.15, 0.2) is 24.7 Å². The molecule has 684 valence electrons. The summed E-state index contributed by atoms with van der Waals surface area (Å²) >= 11 is 0. The fourth-order valence-corrected chi connectivity index (χ4v) is 15.9.